The standard InChI is InChI=1S/C19H24FN3O3.HI/c1-4-26-18-10-15(6-8-17(18)25-3)23-19(21-2)22-11-13-5-7-16(20)14(9-13)12-24;/h5-10,24H,4,11-12H2,1-3H3,(H2,21,22,23);1H. The van der Waals surface area contributed by atoms with E-state index in [0.717, 1.165) is 11.3 Å². The van der Waals surface area contributed by atoms with E-state index in [9.17, 15) is 4.39 Å². The van der Waals surface area contributed by atoms with Gasteiger partial charge in [0, 0.05) is 30.9 Å². The number of hydrogen-bond acceptors (Lipinski definition) is 4. The van der Waals surface area contributed by atoms with Crippen LogP contribution in [0.4, 0.5) is 10.1 Å². The first kappa shape index (κ1) is 23.0. The minimum atomic E-state index is -0.416. The van der Waals surface area contributed by atoms with Crippen LogP contribution in [0.15, 0.2) is 41.4 Å². The summed E-state index contributed by atoms with van der Waals surface area (Å²) < 4.78 is 24.3. The Bertz CT molecular complexity index is 772. The van der Waals surface area contributed by atoms with E-state index in [0.29, 0.717) is 30.6 Å². The molecule has 148 valence electrons. The van der Waals surface area contributed by atoms with Gasteiger partial charge in [-0.15, -0.1) is 24.0 Å². The van der Waals surface area contributed by atoms with Crippen LogP contribution in [-0.4, -0.2) is 31.8 Å². The van der Waals surface area contributed by atoms with Crippen LogP contribution in [0.5, 0.6) is 11.5 Å². The van der Waals surface area contributed by atoms with Crippen molar-refractivity contribution in [3.63, 3.8) is 0 Å². The van der Waals surface area contributed by atoms with Crippen molar-refractivity contribution in [3.05, 3.63) is 53.3 Å². The normalized spacial score (nSPS) is 10.8. The average Bonchev–Trinajstić information content (AvgIpc) is 2.66. The minimum Gasteiger partial charge on any atom is -0.493 e. The summed E-state index contributed by atoms with van der Waals surface area (Å²) in [7, 11) is 3.25. The summed E-state index contributed by atoms with van der Waals surface area (Å²) in [5, 5.41) is 15.5. The van der Waals surface area contributed by atoms with Gasteiger partial charge in [-0.1, -0.05) is 6.07 Å². The molecule has 2 aromatic carbocycles. The number of benzene rings is 2. The molecule has 3 N–H and O–H groups in total. The van der Waals surface area contributed by atoms with Crippen molar-refractivity contribution >= 4 is 35.6 Å². The topological polar surface area (TPSA) is 75.1 Å². The van der Waals surface area contributed by atoms with Crippen molar-refractivity contribution < 1.29 is 19.0 Å². The number of anilines is 1. The second-order valence-corrected chi connectivity index (χ2v) is 5.43. The number of ether oxygens (including phenoxy) is 2. The van der Waals surface area contributed by atoms with Crippen molar-refractivity contribution in [2.45, 2.75) is 20.1 Å². The Morgan fingerprint density at radius 2 is 1.96 bits per heavy atom. The third-order valence-electron chi connectivity index (χ3n) is 3.69. The lowest BCUT2D eigenvalue weighted by atomic mass is 10.1. The molecular formula is C19H25FIN3O3. The molecule has 0 bridgehead atoms. The third kappa shape index (κ3) is 6.55. The van der Waals surface area contributed by atoms with Crippen LogP contribution in [-0.2, 0) is 13.2 Å². The van der Waals surface area contributed by atoms with Crippen molar-refractivity contribution in [3.8, 4) is 11.5 Å². The van der Waals surface area contributed by atoms with Crippen LogP contribution < -0.4 is 20.1 Å². The highest BCUT2D eigenvalue weighted by Crippen LogP contribution is 2.30. The van der Waals surface area contributed by atoms with Crippen molar-refractivity contribution in [2.24, 2.45) is 4.99 Å². The van der Waals surface area contributed by atoms with E-state index < -0.39 is 5.82 Å². The molecule has 0 saturated carbocycles. The van der Waals surface area contributed by atoms with Gasteiger partial charge in [0.2, 0.25) is 0 Å². The summed E-state index contributed by atoms with van der Waals surface area (Å²) in [6.07, 6.45) is 0. The van der Waals surface area contributed by atoms with Gasteiger partial charge in [-0.2, -0.15) is 0 Å². The predicted molar refractivity (Wildman–Crippen MR) is 116 cm³/mol. The Balaban J connectivity index is 0.00000364. The van der Waals surface area contributed by atoms with Gasteiger partial charge in [-0.05, 0) is 36.8 Å². The predicted octanol–water partition coefficient (Wildman–Crippen LogP) is 3.53. The van der Waals surface area contributed by atoms with E-state index in [1.165, 1.54) is 6.07 Å². The molecule has 0 atom stereocenters. The maximum absolute atomic E-state index is 13.4. The van der Waals surface area contributed by atoms with E-state index in [-0.39, 0.29) is 36.1 Å². The zero-order valence-corrected chi connectivity index (χ0v) is 17.9. The summed E-state index contributed by atoms with van der Waals surface area (Å²) in [4.78, 5) is 4.18. The van der Waals surface area contributed by atoms with Crippen LogP contribution >= 0.6 is 24.0 Å². The number of halogens is 2. The molecule has 0 fully saturated rings. The number of aliphatic hydroxyl groups is 1. The smallest absolute Gasteiger partial charge is 0.195 e. The van der Waals surface area contributed by atoms with Gasteiger partial charge in [0.25, 0.3) is 0 Å². The Morgan fingerprint density at radius 1 is 1.19 bits per heavy atom. The van der Waals surface area contributed by atoms with E-state index in [2.05, 4.69) is 15.6 Å². The maximum atomic E-state index is 13.4. The molecule has 0 aliphatic heterocycles. The number of aliphatic imine (C=N–C) groups is 1. The SMILES string of the molecule is CCOc1cc(NC(=NC)NCc2ccc(F)c(CO)c2)ccc1OC.I. The van der Waals surface area contributed by atoms with E-state index >= 15 is 0 Å². The lowest BCUT2D eigenvalue weighted by Gasteiger charge is -2.15. The highest BCUT2D eigenvalue weighted by atomic mass is 127. The minimum absolute atomic E-state index is 0. The zero-order valence-electron chi connectivity index (χ0n) is 15.6. The summed E-state index contributed by atoms with van der Waals surface area (Å²) in [6.45, 7) is 2.54. The number of aliphatic hydroxyl groups excluding tert-OH is 1. The quantitative estimate of drug-likeness (QED) is 0.315. The summed E-state index contributed by atoms with van der Waals surface area (Å²) in [5.41, 5.74) is 1.89. The molecule has 0 aliphatic carbocycles. The molecule has 0 aliphatic rings. The summed E-state index contributed by atoms with van der Waals surface area (Å²) in [5.74, 6) is 1.43. The fraction of sp³-hybridized carbons (Fsp3) is 0.316. The lowest BCUT2D eigenvalue weighted by molar-refractivity contribution is 0.275. The number of methoxy groups -OCH3 is 1. The number of rotatable bonds is 7. The number of nitrogens with one attached hydrogen (secondary N) is 2. The highest BCUT2D eigenvalue weighted by Gasteiger charge is 2.08. The second kappa shape index (κ2) is 11.6. The lowest BCUT2D eigenvalue weighted by Crippen LogP contribution is -2.30. The fourth-order valence-electron chi connectivity index (χ4n) is 2.38. The van der Waals surface area contributed by atoms with Gasteiger partial charge in [-0.3, -0.25) is 4.99 Å². The molecule has 0 heterocycles. The second-order valence-electron chi connectivity index (χ2n) is 5.43. The molecule has 0 saturated heterocycles. The van der Waals surface area contributed by atoms with Crippen LogP contribution in [0.3, 0.4) is 0 Å². The first-order valence-electron chi connectivity index (χ1n) is 8.28. The Morgan fingerprint density at radius 3 is 2.59 bits per heavy atom. The van der Waals surface area contributed by atoms with Gasteiger partial charge in [-0.25, -0.2) is 4.39 Å². The Hall–Kier alpha value is -2.07. The van der Waals surface area contributed by atoms with Gasteiger partial charge in [0.1, 0.15) is 5.82 Å². The molecule has 2 rings (SSSR count). The largest absolute Gasteiger partial charge is 0.493 e. The molecule has 0 unspecified atom stereocenters. The number of guanidine groups is 1. The molecular weight excluding hydrogens is 464 g/mol. The van der Waals surface area contributed by atoms with Crippen LogP contribution in [0, 0.1) is 5.82 Å². The molecule has 6 nitrogen and oxygen atoms in total. The van der Waals surface area contributed by atoms with Crippen molar-refractivity contribution in [2.75, 3.05) is 26.1 Å². The molecule has 0 amide bonds. The Labute approximate surface area is 175 Å². The van der Waals surface area contributed by atoms with Crippen LogP contribution in [0.25, 0.3) is 0 Å². The molecule has 0 radical (unpaired) electrons. The van der Waals surface area contributed by atoms with E-state index in [4.69, 9.17) is 14.6 Å². The molecule has 27 heavy (non-hydrogen) atoms. The maximum Gasteiger partial charge on any atom is 0.195 e. The number of nitrogens with zero attached hydrogens (tertiary/aromatic N) is 1. The van der Waals surface area contributed by atoms with Gasteiger partial charge >= 0.3 is 0 Å². The summed E-state index contributed by atoms with van der Waals surface area (Å²) in [6, 6.07) is 10.1. The molecule has 0 spiro atoms. The highest BCUT2D eigenvalue weighted by molar-refractivity contribution is 14.0. The van der Waals surface area contributed by atoms with Gasteiger partial charge in [0.15, 0.2) is 17.5 Å². The van der Waals surface area contributed by atoms with Gasteiger partial charge < -0.3 is 25.2 Å². The first-order valence-corrected chi connectivity index (χ1v) is 8.28. The van der Waals surface area contributed by atoms with Crippen molar-refractivity contribution in [1.29, 1.82) is 0 Å². The molecule has 8 heteroatoms. The average molecular weight is 489 g/mol. The van der Waals surface area contributed by atoms with Crippen molar-refractivity contribution in [1.82, 2.24) is 5.32 Å². The molecule has 2 aromatic rings. The van der Waals surface area contributed by atoms with Crippen LogP contribution in [0.1, 0.15) is 18.1 Å². The van der Waals surface area contributed by atoms with Gasteiger partial charge in [0.05, 0.1) is 20.3 Å². The third-order valence-corrected chi connectivity index (χ3v) is 3.69. The monoisotopic (exact) mass is 489 g/mol. The first-order chi connectivity index (χ1) is 12.6. The summed E-state index contributed by atoms with van der Waals surface area (Å²) >= 11 is 0. The Kier molecular flexibility index (Phi) is 9.87. The number of hydrogen-bond donors (Lipinski definition) is 3. The molecule has 0 aromatic heterocycles. The van der Waals surface area contributed by atoms with Crippen LogP contribution in [0.2, 0.25) is 0 Å². The van der Waals surface area contributed by atoms with E-state index in [1.54, 1.807) is 26.3 Å². The fourth-order valence-corrected chi connectivity index (χ4v) is 2.38. The zero-order chi connectivity index (χ0) is 18.9. The van der Waals surface area contributed by atoms with E-state index in [1.807, 2.05) is 25.1 Å².